The fourth-order valence-corrected chi connectivity index (χ4v) is 1.19. The van der Waals surface area contributed by atoms with Gasteiger partial charge in [0.1, 0.15) is 0 Å². The van der Waals surface area contributed by atoms with Crippen molar-refractivity contribution in [3.8, 4) is 0 Å². The number of hydrogen-bond donors (Lipinski definition) is 0. The van der Waals surface area contributed by atoms with Crippen molar-refractivity contribution in [2.24, 2.45) is 0 Å². The van der Waals surface area contributed by atoms with Gasteiger partial charge >= 0.3 is 0 Å². The van der Waals surface area contributed by atoms with Crippen LogP contribution in [0.3, 0.4) is 0 Å². The van der Waals surface area contributed by atoms with Gasteiger partial charge in [-0.05, 0) is 24.3 Å². The second-order valence-corrected chi connectivity index (χ2v) is 2.82. The first-order chi connectivity index (χ1) is 6.45. The summed E-state index contributed by atoms with van der Waals surface area (Å²) < 4.78 is 0. The Labute approximate surface area is 85.6 Å². The summed E-state index contributed by atoms with van der Waals surface area (Å²) in [6.07, 6.45) is 4.41. The predicted molar refractivity (Wildman–Crippen MR) is 57.0 cm³/mol. The van der Waals surface area contributed by atoms with Crippen LogP contribution in [0, 0.1) is 0 Å². The minimum atomic E-state index is 0. The Balaban J connectivity index is 0.000000980. The molecule has 14 heavy (non-hydrogen) atoms. The van der Waals surface area contributed by atoms with Gasteiger partial charge in [0.05, 0.1) is 0 Å². The molecule has 0 amide bonds. The highest BCUT2D eigenvalue weighted by atomic mass is 14.7. The first-order valence-electron chi connectivity index (χ1n) is 4.25. The van der Waals surface area contributed by atoms with Crippen molar-refractivity contribution in [1.29, 1.82) is 0 Å². The van der Waals surface area contributed by atoms with Gasteiger partial charge in [0.15, 0.2) is 0 Å². The van der Waals surface area contributed by atoms with Crippen LogP contribution in [0.25, 0.3) is 0 Å². The van der Waals surface area contributed by atoms with E-state index in [1.807, 2.05) is 36.4 Å². The molecule has 2 nitrogen and oxygen atoms in total. The molecule has 2 heterocycles. The fourth-order valence-electron chi connectivity index (χ4n) is 1.19. The van der Waals surface area contributed by atoms with E-state index in [-0.39, 0.29) is 8.41 Å². The van der Waals surface area contributed by atoms with Crippen LogP contribution in [0.15, 0.2) is 48.8 Å². The fraction of sp³-hybridized carbons (Fsp3) is 0.0909. The molecule has 2 aromatic heterocycles. The van der Waals surface area contributed by atoms with Crippen LogP contribution < -0.4 is 0 Å². The molecular weight excluding hydrogens is 171 g/mol. The summed E-state index contributed by atoms with van der Waals surface area (Å²) in [5.74, 6) is 0. The monoisotopic (exact) mass is 181 g/mol. The maximum absolute atomic E-state index is 4.23. The molecular formula is C11H10BN2. The van der Waals surface area contributed by atoms with Crippen LogP contribution in [-0.2, 0) is 6.42 Å². The van der Waals surface area contributed by atoms with E-state index in [0.717, 1.165) is 17.8 Å². The molecule has 0 aliphatic rings. The van der Waals surface area contributed by atoms with E-state index in [2.05, 4.69) is 9.97 Å². The largest absolute Gasteiger partial charge is 0.261 e. The molecule has 0 fully saturated rings. The van der Waals surface area contributed by atoms with Crippen molar-refractivity contribution in [3.05, 3.63) is 60.2 Å². The lowest BCUT2D eigenvalue weighted by molar-refractivity contribution is 1.01. The number of rotatable bonds is 2. The quantitative estimate of drug-likeness (QED) is 0.658. The summed E-state index contributed by atoms with van der Waals surface area (Å²) in [5.41, 5.74) is 2.11. The lowest BCUT2D eigenvalue weighted by Crippen LogP contribution is -1.92. The Morgan fingerprint density at radius 1 is 0.786 bits per heavy atom. The molecule has 0 saturated carbocycles. The second-order valence-electron chi connectivity index (χ2n) is 2.82. The van der Waals surface area contributed by atoms with Crippen LogP contribution in [0.5, 0.6) is 0 Å². The minimum Gasteiger partial charge on any atom is -0.261 e. The Hall–Kier alpha value is -1.64. The normalized spacial score (nSPS) is 9.14. The van der Waals surface area contributed by atoms with Crippen LogP contribution in [0.1, 0.15) is 11.4 Å². The van der Waals surface area contributed by atoms with E-state index in [0.29, 0.717) is 0 Å². The highest BCUT2D eigenvalue weighted by molar-refractivity contribution is 5.75. The molecule has 0 aliphatic heterocycles. The molecule has 0 atom stereocenters. The van der Waals surface area contributed by atoms with Gasteiger partial charge in [-0.25, -0.2) is 0 Å². The lowest BCUT2D eigenvalue weighted by Gasteiger charge is -1.98. The molecule has 67 valence electrons. The number of aromatic nitrogens is 2. The van der Waals surface area contributed by atoms with Crippen molar-refractivity contribution in [2.45, 2.75) is 6.42 Å². The van der Waals surface area contributed by atoms with E-state index in [1.165, 1.54) is 0 Å². The molecule has 3 radical (unpaired) electrons. The summed E-state index contributed by atoms with van der Waals surface area (Å²) in [4.78, 5) is 8.47. The Bertz CT molecular complexity index is 324. The summed E-state index contributed by atoms with van der Waals surface area (Å²) in [6.45, 7) is 0. The van der Waals surface area contributed by atoms with E-state index < -0.39 is 0 Å². The lowest BCUT2D eigenvalue weighted by atomic mass is 10.2. The number of nitrogens with zero attached hydrogens (tertiary/aromatic N) is 2. The highest BCUT2D eigenvalue weighted by Gasteiger charge is 1.95. The molecule has 0 spiro atoms. The van der Waals surface area contributed by atoms with Crippen LogP contribution in [0.2, 0.25) is 0 Å². The van der Waals surface area contributed by atoms with Crippen LogP contribution >= 0.6 is 0 Å². The van der Waals surface area contributed by atoms with Gasteiger partial charge in [-0.1, -0.05) is 12.1 Å². The standard InChI is InChI=1S/C11H10N2.B/c1-3-7-12-10(5-1)9-11-6-2-4-8-13-11;/h1-8H,9H2;. The van der Waals surface area contributed by atoms with Crippen LogP contribution in [0.4, 0.5) is 0 Å². The maximum atomic E-state index is 4.23. The second kappa shape index (κ2) is 5.17. The third kappa shape index (κ3) is 2.70. The van der Waals surface area contributed by atoms with Gasteiger partial charge in [0.25, 0.3) is 0 Å². The van der Waals surface area contributed by atoms with Crippen molar-refractivity contribution < 1.29 is 0 Å². The minimum absolute atomic E-state index is 0. The van der Waals surface area contributed by atoms with Crippen molar-refractivity contribution in [2.75, 3.05) is 0 Å². The molecule has 0 saturated heterocycles. The average Bonchev–Trinajstić information content (AvgIpc) is 2.21. The zero-order chi connectivity index (χ0) is 8.93. The third-order valence-electron chi connectivity index (χ3n) is 1.81. The third-order valence-corrected chi connectivity index (χ3v) is 1.81. The molecule has 2 aromatic rings. The Morgan fingerprint density at radius 2 is 1.29 bits per heavy atom. The molecule has 0 bridgehead atoms. The topological polar surface area (TPSA) is 25.8 Å². The van der Waals surface area contributed by atoms with Gasteiger partial charge in [-0.15, -0.1) is 0 Å². The van der Waals surface area contributed by atoms with E-state index in [1.54, 1.807) is 12.4 Å². The number of pyridine rings is 2. The Morgan fingerprint density at radius 3 is 1.64 bits per heavy atom. The van der Waals surface area contributed by atoms with E-state index >= 15 is 0 Å². The van der Waals surface area contributed by atoms with Gasteiger partial charge in [-0.2, -0.15) is 0 Å². The van der Waals surface area contributed by atoms with Crippen molar-refractivity contribution >= 4 is 8.41 Å². The smallest absolute Gasteiger partial charge is 0.0463 e. The van der Waals surface area contributed by atoms with Crippen molar-refractivity contribution in [3.63, 3.8) is 0 Å². The molecule has 0 unspecified atom stereocenters. The molecule has 0 aromatic carbocycles. The van der Waals surface area contributed by atoms with E-state index in [4.69, 9.17) is 0 Å². The summed E-state index contributed by atoms with van der Waals surface area (Å²) in [6, 6.07) is 11.8. The molecule has 2 rings (SSSR count). The summed E-state index contributed by atoms with van der Waals surface area (Å²) in [7, 11) is 0. The van der Waals surface area contributed by atoms with Gasteiger partial charge in [0, 0.05) is 38.6 Å². The van der Waals surface area contributed by atoms with Crippen LogP contribution in [-0.4, -0.2) is 18.4 Å². The zero-order valence-electron chi connectivity index (χ0n) is 7.80. The first-order valence-corrected chi connectivity index (χ1v) is 4.25. The molecule has 0 aliphatic carbocycles. The SMILES string of the molecule is [B].c1ccc(Cc2ccccn2)nc1. The van der Waals surface area contributed by atoms with E-state index in [9.17, 15) is 0 Å². The van der Waals surface area contributed by atoms with Gasteiger partial charge in [0.2, 0.25) is 0 Å². The molecule has 0 N–H and O–H groups in total. The highest BCUT2D eigenvalue weighted by Crippen LogP contribution is 2.02. The first kappa shape index (κ1) is 10.4. The van der Waals surface area contributed by atoms with Gasteiger partial charge < -0.3 is 0 Å². The van der Waals surface area contributed by atoms with Crippen molar-refractivity contribution in [1.82, 2.24) is 9.97 Å². The predicted octanol–water partition coefficient (Wildman–Crippen LogP) is 1.69. The number of hydrogen-bond acceptors (Lipinski definition) is 2. The summed E-state index contributed by atoms with van der Waals surface area (Å²) in [5, 5.41) is 0. The average molecular weight is 181 g/mol. The maximum Gasteiger partial charge on any atom is 0.0463 e. The zero-order valence-corrected chi connectivity index (χ0v) is 7.80. The van der Waals surface area contributed by atoms with Gasteiger partial charge in [-0.3, -0.25) is 9.97 Å². The molecule has 3 heteroatoms. The Kier molecular flexibility index (Phi) is 3.86. The summed E-state index contributed by atoms with van der Waals surface area (Å²) >= 11 is 0.